The first-order valence-corrected chi connectivity index (χ1v) is 11.2. The first kappa shape index (κ1) is 24.0. The molecule has 6 nitrogen and oxygen atoms in total. The third kappa shape index (κ3) is 9.06. The molecule has 0 radical (unpaired) electrons. The number of hydrogen-bond donors (Lipinski definition) is 1. The van der Waals surface area contributed by atoms with Gasteiger partial charge in [-0.05, 0) is 45.2 Å². The molecule has 1 atom stereocenters. The standard InChI is InChI=1S/C24H36N2O4/c1-24(2,3)30-22(28)16-20(11-7-10-18-8-5-4-6-9-18)23(29)26-17-21(27)19-12-14-25-15-13-19/h12-15,18,20H,4-11,16-17H2,1-3H3,(H,26,29). The summed E-state index contributed by atoms with van der Waals surface area (Å²) in [5, 5.41) is 2.72. The predicted octanol–water partition coefficient (Wildman–Crippen LogP) is 4.48. The Morgan fingerprint density at radius 2 is 1.80 bits per heavy atom. The van der Waals surface area contributed by atoms with Gasteiger partial charge in [0.2, 0.25) is 5.91 Å². The van der Waals surface area contributed by atoms with Crippen molar-refractivity contribution < 1.29 is 19.1 Å². The maximum Gasteiger partial charge on any atom is 0.307 e. The molecule has 2 rings (SSSR count). The van der Waals surface area contributed by atoms with E-state index in [0.29, 0.717) is 12.0 Å². The SMILES string of the molecule is CC(C)(C)OC(=O)CC(CCCC1CCCCC1)C(=O)NCC(=O)c1ccncc1. The highest BCUT2D eigenvalue weighted by molar-refractivity contribution is 5.99. The number of carbonyl (C=O) groups excluding carboxylic acids is 3. The number of carbonyl (C=O) groups is 3. The van der Waals surface area contributed by atoms with Crippen molar-refractivity contribution in [1.82, 2.24) is 10.3 Å². The van der Waals surface area contributed by atoms with Crippen molar-refractivity contribution in [2.24, 2.45) is 11.8 Å². The van der Waals surface area contributed by atoms with Crippen LogP contribution in [0.2, 0.25) is 0 Å². The largest absolute Gasteiger partial charge is 0.460 e. The second-order valence-electron chi connectivity index (χ2n) is 9.30. The zero-order valence-corrected chi connectivity index (χ0v) is 18.6. The average molecular weight is 417 g/mol. The van der Waals surface area contributed by atoms with E-state index >= 15 is 0 Å². The quantitative estimate of drug-likeness (QED) is 0.449. The Kier molecular flexibility index (Phi) is 9.47. The number of nitrogens with zero attached hydrogens (tertiary/aromatic N) is 1. The number of hydrogen-bond acceptors (Lipinski definition) is 5. The summed E-state index contributed by atoms with van der Waals surface area (Å²) < 4.78 is 5.42. The molecule has 166 valence electrons. The maximum absolute atomic E-state index is 12.8. The number of Topliss-reactive ketones (excluding diaryl/α,β-unsaturated/α-hetero) is 1. The molecule has 1 saturated carbocycles. The van der Waals surface area contributed by atoms with Gasteiger partial charge in [-0.3, -0.25) is 19.4 Å². The van der Waals surface area contributed by atoms with Crippen LogP contribution in [0.15, 0.2) is 24.5 Å². The fourth-order valence-electron chi connectivity index (χ4n) is 3.99. The summed E-state index contributed by atoms with van der Waals surface area (Å²) in [7, 11) is 0. The lowest BCUT2D eigenvalue weighted by molar-refractivity contribution is -0.157. The third-order valence-corrected chi connectivity index (χ3v) is 5.52. The van der Waals surface area contributed by atoms with Crippen LogP contribution >= 0.6 is 0 Å². The van der Waals surface area contributed by atoms with Crippen LogP contribution in [0.1, 0.15) is 88.9 Å². The molecule has 0 saturated heterocycles. The van der Waals surface area contributed by atoms with Crippen LogP contribution in [0, 0.1) is 11.8 Å². The Bertz CT molecular complexity index is 691. The molecule has 1 heterocycles. The topological polar surface area (TPSA) is 85.4 Å². The first-order chi connectivity index (χ1) is 14.2. The van der Waals surface area contributed by atoms with Gasteiger partial charge in [-0.15, -0.1) is 0 Å². The average Bonchev–Trinajstić information content (AvgIpc) is 2.71. The van der Waals surface area contributed by atoms with Gasteiger partial charge in [0.1, 0.15) is 5.60 Å². The second kappa shape index (κ2) is 11.8. The third-order valence-electron chi connectivity index (χ3n) is 5.52. The highest BCUT2D eigenvalue weighted by atomic mass is 16.6. The first-order valence-electron chi connectivity index (χ1n) is 11.2. The molecule has 0 bridgehead atoms. The monoisotopic (exact) mass is 416 g/mol. The molecule has 1 aromatic rings. The van der Waals surface area contributed by atoms with Crippen LogP contribution in [-0.2, 0) is 14.3 Å². The number of esters is 1. The highest BCUT2D eigenvalue weighted by Gasteiger charge is 2.26. The van der Waals surface area contributed by atoms with E-state index in [1.165, 1.54) is 32.1 Å². The molecule has 1 amide bonds. The van der Waals surface area contributed by atoms with Gasteiger partial charge in [0.25, 0.3) is 0 Å². The van der Waals surface area contributed by atoms with E-state index < -0.39 is 11.5 Å². The van der Waals surface area contributed by atoms with Crippen LogP contribution in [-0.4, -0.2) is 34.8 Å². The van der Waals surface area contributed by atoms with Crippen LogP contribution in [0.25, 0.3) is 0 Å². The predicted molar refractivity (Wildman–Crippen MR) is 116 cm³/mol. The molecule has 0 aliphatic heterocycles. The smallest absolute Gasteiger partial charge is 0.307 e. The van der Waals surface area contributed by atoms with E-state index in [1.807, 2.05) is 20.8 Å². The minimum atomic E-state index is -0.586. The number of amides is 1. The molecule has 30 heavy (non-hydrogen) atoms. The van der Waals surface area contributed by atoms with Crippen molar-refractivity contribution in [3.05, 3.63) is 30.1 Å². The highest BCUT2D eigenvalue weighted by Crippen LogP contribution is 2.29. The molecule has 1 aliphatic rings. The molecule has 1 aromatic heterocycles. The summed E-state index contributed by atoms with van der Waals surface area (Å²) in [4.78, 5) is 41.3. The van der Waals surface area contributed by atoms with Gasteiger partial charge in [0, 0.05) is 23.9 Å². The minimum Gasteiger partial charge on any atom is -0.460 e. The van der Waals surface area contributed by atoms with Crippen molar-refractivity contribution in [3.8, 4) is 0 Å². The zero-order chi connectivity index (χ0) is 22.0. The lowest BCUT2D eigenvalue weighted by atomic mass is 9.84. The molecular formula is C24H36N2O4. The molecular weight excluding hydrogens is 380 g/mol. The fourth-order valence-corrected chi connectivity index (χ4v) is 3.99. The molecule has 1 fully saturated rings. The van der Waals surface area contributed by atoms with Gasteiger partial charge in [0.05, 0.1) is 13.0 Å². The number of ketones is 1. The Morgan fingerprint density at radius 3 is 2.43 bits per heavy atom. The van der Waals surface area contributed by atoms with E-state index in [2.05, 4.69) is 10.3 Å². The lowest BCUT2D eigenvalue weighted by Crippen LogP contribution is -2.36. The molecule has 6 heteroatoms. The van der Waals surface area contributed by atoms with Gasteiger partial charge >= 0.3 is 5.97 Å². The van der Waals surface area contributed by atoms with Gasteiger partial charge in [-0.25, -0.2) is 0 Å². The molecule has 1 unspecified atom stereocenters. The summed E-state index contributed by atoms with van der Waals surface area (Å²) in [6, 6.07) is 3.24. The van der Waals surface area contributed by atoms with Gasteiger partial charge < -0.3 is 10.1 Å². The van der Waals surface area contributed by atoms with Crippen LogP contribution in [0.3, 0.4) is 0 Å². The summed E-state index contributed by atoms with van der Waals surface area (Å²) in [6.45, 7) is 5.36. The van der Waals surface area contributed by atoms with Crippen molar-refractivity contribution in [2.75, 3.05) is 6.54 Å². The number of pyridine rings is 1. The minimum absolute atomic E-state index is 0.0389. The van der Waals surface area contributed by atoms with Gasteiger partial charge in [-0.2, -0.15) is 0 Å². The number of aromatic nitrogens is 1. The van der Waals surface area contributed by atoms with E-state index in [0.717, 1.165) is 18.8 Å². The number of ether oxygens (including phenoxy) is 1. The van der Waals surface area contributed by atoms with Gasteiger partial charge in [-0.1, -0.05) is 44.9 Å². The fraction of sp³-hybridized carbons (Fsp3) is 0.667. The maximum atomic E-state index is 12.8. The Balaban J connectivity index is 1.89. The number of rotatable bonds is 10. The molecule has 0 spiro atoms. The summed E-state index contributed by atoms with van der Waals surface area (Å²) in [5.41, 5.74) is -0.0800. The normalized spacial score (nSPS) is 16.0. The summed E-state index contributed by atoms with van der Waals surface area (Å²) >= 11 is 0. The van der Waals surface area contributed by atoms with E-state index in [4.69, 9.17) is 4.74 Å². The molecule has 1 N–H and O–H groups in total. The van der Waals surface area contributed by atoms with Crippen LogP contribution in [0.4, 0.5) is 0 Å². The Labute approximate surface area is 180 Å². The summed E-state index contributed by atoms with van der Waals surface area (Å²) in [5.74, 6) is -0.553. The Hall–Kier alpha value is -2.24. The zero-order valence-electron chi connectivity index (χ0n) is 18.6. The van der Waals surface area contributed by atoms with Crippen molar-refractivity contribution in [1.29, 1.82) is 0 Å². The second-order valence-corrected chi connectivity index (χ2v) is 9.30. The van der Waals surface area contributed by atoms with Crippen LogP contribution in [0.5, 0.6) is 0 Å². The summed E-state index contributed by atoms with van der Waals surface area (Å²) in [6.07, 6.45) is 12.2. The van der Waals surface area contributed by atoms with Crippen molar-refractivity contribution >= 4 is 17.7 Å². The van der Waals surface area contributed by atoms with E-state index in [1.54, 1.807) is 24.5 Å². The number of nitrogens with one attached hydrogen (secondary N) is 1. The van der Waals surface area contributed by atoms with E-state index in [9.17, 15) is 14.4 Å². The van der Waals surface area contributed by atoms with Gasteiger partial charge in [0.15, 0.2) is 5.78 Å². The molecule has 0 aromatic carbocycles. The Morgan fingerprint density at radius 1 is 1.13 bits per heavy atom. The van der Waals surface area contributed by atoms with Crippen molar-refractivity contribution in [2.45, 2.75) is 84.2 Å². The van der Waals surface area contributed by atoms with Crippen molar-refractivity contribution in [3.63, 3.8) is 0 Å². The lowest BCUT2D eigenvalue weighted by Gasteiger charge is -2.24. The van der Waals surface area contributed by atoms with Crippen LogP contribution < -0.4 is 5.32 Å². The molecule has 1 aliphatic carbocycles. The van der Waals surface area contributed by atoms with E-state index in [-0.39, 0.29) is 30.6 Å².